The Morgan fingerprint density at radius 2 is 2.19 bits per heavy atom. The van der Waals surface area contributed by atoms with Crippen molar-refractivity contribution in [1.82, 2.24) is 0 Å². The van der Waals surface area contributed by atoms with E-state index in [4.69, 9.17) is 9.47 Å². The van der Waals surface area contributed by atoms with Crippen molar-refractivity contribution in [3.63, 3.8) is 0 Å². The molecule has 3 heteroatoms. The highest BCUT2D eigenvalue weighted by Crippen LogP contribution is 2.17. The number of ketones is 1. The Labute approximate surface area is 98.5 Å². The second-order valence-corrected chi connectivity index (χ2v) is 4.37. The zero-order chi connectivity index (χ0) is 11.6. The van der Waals surface area contributed by atoms with Crippen molar-refractivity contribution in [3.8, 4) is 0 Å². The second kappa shape index (κ2) is 8.71. The van der Waals surface area contributed by atoms with Crippen LogP contribution in [0.2, 0.25) is 0 Å². The van der Waals surface area contributed by atoms with Crippen molar-refractivity contribution in [2.75, 3.05) is 19.8 Å². The topological polar surface area (TPSA) is 35.5 Å². The molecule has 16 heavy (non-hydrogen) atoms. The molecule has 0 aromatic heterocycles. The van der Waals surface area contributed by atoms with Crippen LogP contribution in [0.4, 0.5) is 0 Å². The van der Waals surface area contributed by atoms with Gasteiger partial charge in [0, 0.05) is 32.7 Å². The zero-order valence-corrected chi connectivity index (χ0v) is 10.4. The largest absolute Gasteiger partial charge is 0.382 e. The summed E-state index contributed by atoms with van der Waals surface area (Å²) < 4.78 is 10.7. The second-order valence-electron chi connectivity index (χ2n) is 4.37. The van der Waals surface area contributed by atoms with Crippen LogP contribution >= 0.6 is 0 Å². The minimum absolute atomic E-state index is 0.373. The van der Waals surface area contributed by atoms with Gasteiger partial charge in [-0.2, -0.15) is 0 Å². The first kappa shape index (κ1) is 13.7. The molecule has 94 valence electrons. The predicted octanol–water partition coefficient (Wildman–Crippen LogP) is 2.72. The molecule has 1 atom stereocenters. The summed E-state index contributed by atoms with van der Waals surface area (Å²) in [5.41, 5.74) is 0. The van der Waals surface area contributed by atoms with Gasteiger partial charge >= 0.3 is 0 Å². The zero-order valence-electron chi connectivity index (χ0n) is 10.4. The average Bonchev–Trinajstić information content (AvgIpc) is 2.77. The van der Waals surface area contributed by atoms with Crippen LogP contribution < -0.4 is 0 Å². The molecule has 3 nitrogen and oxygen atoms in total. The van der Waals surface area contributed by atoms with E-state index in [1.165, 1.54) is 12.8 Å². The van der Waals surface area contributed by atoms with Gasteiger partial charge in [-0.1, -0.05) is 0 Å². The normalized spacial score (nSPS) is 20.2. The van der Waals surface area contributed by atoms with Crippen LogP contribution in [0.1, 0.15) is 51.9 Å². The number of ether oxygens (including phenoxy) is 2. The standard InChI is InChI=1S/C13H24O3/c1-2-15-10-4-7-12(14)6-3-8-13-9-5-11-16-13/h13H,2-11H2,1H3. The molecular weight excluding hydrogens is 204 g/mol. The van der Waals surface area contributed by atoms with Crippen molar-refractivity contribution >= 4 is 5.78 Å². The van der Waals surface area contributed by atoms with Crippen LogP contribution in [-0.2, 0) is 14.3 Å². The third kappa shape index (κ3) is 6.23. The quantitative estimate of drug-likeness (QED) is 0.569. The minimum atomic E-state index is 0.373. The van der Waals surface area contributed by atoms with Gasteiger partial charge in [0.05, 0.1) is 6.10 Å². The first-order valence-corrected chi connectivity index (χ1v) is 6.54. The monoisotopic (exact) mass is 228 g/mol. The van der Waals surface area contributed by atoms with Crippen LogP contribution in [0, 0.1) is 0 Å². The van der Waals surface area contributed by atoms with E-state index in [9.17, 15) is 4.79 Å². The van der Waals surface area contributed by atoms with Crippen molar-refractivity contribution in [3.05, 3.63) is 0 Å². The van der Waals surface area contributed by atoms with E-state index in [2.05, 4.69) is 0 Å². The lowest BCUT2D eigenvalue weighted by molar-refractivity contribution is -0.119. The van der Waals surface area contributed by atoms with Gasteiger partial charge in [0.25, 0.3) is 0 Å². The molecule has 1 aliphatic rings. The first-order chi connectivity index (χ1) is 7.83. The molecule has 0 N–H and O–H groups in total. The maximum atomic E-state index is 11.5. The van der Waals surface area contributed by atoms with Gasteiger partial charge in [-0.25, -0.2) is 0 Å². The lowest BCUT2D eigenvalue weighted by atomic mass is 10.1. The molecule has 1 fully saturated rings. The molecular formula is C13H24O3. The van der Waals surface area contributed by atoms with Crippen LogP contribution in [0.25, 0.3) is 0 Å². The summed E-state index contributed by atoms with van der Waals surface area (Å²) in [5.74, 6) is 0.373. The third-order valence-corrected chi connectivity index (χ3v) is 2.95. The highest BCUT2D eigenvalue weighted by molar-refractivity contribution is 5.78. The number of carbonyl (C=O) groups excluding carboxylic acids is 1. The lowest BCUT2D eigenvalue weighted by Crippen LogP contribution is -2.07. The molecule has 0 saturated carbocycles. The van der Waals surface area contributed by atoms with E-state index in [1.54, 1.807) is 0 Å². The molecule has 0 radical (unpaired) electrons. The van der Waals surface area contributed by atoms with E-state index < -0.39 is 0 Å². The summed E-state index contributed by atoms with van der Waals surface area (Å²) in [6, 6.07) is 0. The third-order valence-electron chi connectivity index (χ3n) is 2.95. The molecule has 0 spiro atoms. The van der Waals surface area contributed by atoms with Crippen LogP contribution in [0.3, 0.4) is 0 Å². The van der Waals surface area contributed by atoms with E-state index >= 15 is 0 Å². The lowest BCUT2D eigenvalue weighted by Gasteiger charge is -2.08. The van der Waals surface area contributed by atoms with Crippen molar-refractivity contribution in [2.24, 2.45) is 0 Å². The molecule has 0 aromatic carbocycles. The Morgan fingerprint density at radius 3 is 2.88 bits per heavy atom. The summed E-state index contributed by atoms with van der Waals surface area (Å²) in [5, 5.41) is 0. The highest BCUT2D eigenvalue weighted by atomic mass is 16.5. The Hall–Kier alpha value is -0.410. The molecule has 1 rings (SSSR count). The average molecular weight is 228 g/mol. The number of Topliss-reactive ketones (excluding diaryl/α,β-unsaturated/α-hetero) is 1. The Morgan fingerprint density at radius 1 is 1.38 bits per heavy atom. The van der Waals surface area contributed by atoms with Gasteiger partial charge in [0.2, 0.25) is 0 Å². The highest BCUT2D eigenvalue weighted by Gasteiger charge is 2.15. The summed E-state index contributed by atoms with van der Waals surface area (Å²) >= 11 is 0. The van der Waals surface area contributed by atoms with E-state index in [-0.39, 0.29) is 0 Å². The molecule has 1 unspecified atom stereocenters. The van der Waals surface area contributed by atoms with Crippen molar-refractivity contribution < 1.29 is 14.3 Å². The van der Waals surface area contributed by atoms with Gasteiger partial charge in [0.15, 0.2) is 0 Å². The summed E-state index contributed by atoms with van der Waals surface area (Å²) in [7, 11) is 0. The molecule has 1 aliphatic heterocycles. The van der Waals surface area contributed by atoms with E-state index in [0.29, 0.717) is 31.3 Å². The number of hydrogen-bond donors (Lipinski definition) is 0. The van der Waals surface area contributed by atoms with Gasteiger partial charge < -0.3 is 9.47 Å². The maximum Gasteiger partial charge on any atom is 0.133 e. The molecule has 0 aromatic rings. The van der Waals surface area contributed by atoms with Gasteiger partial charge in [-0.3, -0.25) is 4.79 Å². The van der Waals surface area contributed by atoms with Gasteiger partial charge in [-0.15, -0.1) is 0 Å². The van der Waals surface area contributed by atoms with Crippen LogP contribution in [0.5, 0.6) is 0 Å². The molecule has 1 saturated heterocycles. The van der Waals surface area contributed by atoms with Crippen molar-refractivity contribution in [1.29, 1.82) is 0 Å². The van der Waals surface area contributed by atoms with E-state index in [1.807, 2.05) is 6.92 Å². The fraction of sp³-hybridized carbons (Fsp3) is 0.923. The molecule has 1 heterocycles. The smallest absolute Gasteiger partial charge is 0.133 e. The van der Waals surface area contributed by atoms with E-state index in [0.717, 1.165) is 32.5 Å². The maximum absolute atomic E-state index is 11.5. The minimum Gasteiger partial charge on any atom is -0.382 e. The SMILES string of the molecule is CCOCCCC(=O)CCCC1CCCO1. The molecule has 0 aliphatic carbocycles. The van der Waals surface area contributed by atoms with Crippen LogP contribution in [-0.4, -0.2) is 31.7 Å². The van der Waals surface area contributed by atoms with Crippen LogP contribution in [0.15, 0.2) is 0 Å². The molecule has 0 bridgehead atoms. The number of carbonyl (C=O) groups is 1. The predicted molar refractivity (Wildman–Crippen MR) is 63.6 cm³/mol. The molecule has 0 amide bonds. The van der Waals surface area contributed by atoms with Gasteiger partial charge in [0.1, 0.15) is 5.78 Å². The van der Waals surface area contributed by atoms with Gasteiger partial charge in [-0.05, 0) is 39.0 Å². The fourth-order valence-electron chi connectivity index (χ4n) is 2.04. The summed E-state index contributed by atoms with van der Waals surface area (Å²) in [6.07, 6.45) is 7.08. The number of rotatable bonds is 9. The number of hydrogen-bond acceptors (Lipinski definition) is 3. The Balaban J connectivity index is 1.89. The first-order valence-electron chi connectivity index (χ1n) is 6.54. The summed E-state index contributed by atoms with van der Waals surface area (Å²) in [6.45, 7) is 4.34. The fourth-order valence-corrected chi connectivity index (χ4v) is 2.04. The Kier molecular flexibility index (Phi) is 7.43. The Bertz CT molecular complexity index is 186. The summed E-state index contributed by atoms with van der Waals surface area (Å²) in [4.78, 5) is 11.5. The van der Waals surface area contributed by atoms with Crippen molar-refractivity contribution in [2.45, 2.75) is 58.0 Å².